The summed E-state index contributed by atoms with van der Waals surface area (Å²) in [6.45, 7) is 22.4. The molecule has 5 aromatic rings. The number of fused-ring (bicyclic) bond motifs is 1. The number of aliphatic hydroxyl groups excluding tert-OH is 1. The molecule has 0 unspecified atom stereocenters. The van der Waals surface area contributed by atoms with Gasteiger partial charge in [0, 0.05) is 6.20 Å². The molecule has 0 bridgehead atoms. The zero-order valence-corrected chi connectivity index (χ0v) is 35.8. The smallest absolute Gasteiger partial charge is 0.192 e. The molecule has 11 heteroatoms. The van der Waals surface area contributed by atoms with Crippen molar-refractivity contribution in [2.24, 2.45) is 0 Å². The molecular weight excluding hydrogens is 709 g/mol. The van der Waals surface area contributed by atoms with Crippen LogP contribution in [0.2, 0.25) is 36.3 Å². The summed E-state index contributed by atoms with van der Waals surface area (Å²) in [6.07, 6.45) is 0.814. The summed E-state index contributed by atoms with van der Waals surface area (Å²) in [5, 5.41) is 16.7. The van der Waals surface area contributed by atoms with Crippen molar-refractivity contribution in [3.63, 3.8) is 0 Å². The topological polar surface area (TPSA) is 99.9 Å². The van der Waals surface area contributed by atoms with Crippen LogP contribution in [0, 0.1) is 0 Å². The second kappa shape index (κ2) is 15.0. The Balaban J connectivity index is 1.45. The third-order valence-corrected chi connectivity index (χ3v) is 21.0. The van der Waals surface area contributed by atoms with Gasteiger partial charge in [-0.3, -0.25) is 0 Å². The molecule has 0 radical (unpaired) electrons. The standard InChI is InChI=1S/C43H58N4O5Si2/c1-41(2,3)53(8,9)50-28-35-36(48)37(52-54(10,11)42(4,5)6)40(51-35)47-27-26-34-38(44-29-45-39(34)47)46-43(30-18-14-12-15-19-30,31-20-16-13-17-21-31)32-22-24-33(49-7)25-23-32/h12-27,29,35-37,40,48H,28H2,1-11H3,(H,44,45,46)/t35-,36-,37-,40-/m1/s1. The number of hydrogen-bond acceptors (Lipinski definition) is 8. The first-order chi connectivity index (χ1) is 25.4. The minimum Gasteiger partial charge on any atom is -0.497 e. The molecule has 0 spiro atoms. The molecule has 6 rings (SSSR count). The van der Waals surface area contributed by atoms with Crippen LogP contribution in [0.5, 0.6) is 5.75 Å². The molecule has 1 aliphatic rings. The molecule has 54 heavy (non-hydrogen) atoms. The number of anilines is 1. The fourth-order valence-corrected chi connectivity index (χ4v) is 8.92. The maximum Gasteiger partial charge on any atom is 0.192 e. The molecule has 1 aliphatic heterocycles. The predicted octanol–water partition coefficient (Wildman–Crippen LogP) is 9.51. The second-order valence-electron chi connectivity index (χ2n) is 17.5. The number of hydrogen-bond donors (Lipinski definition) is 2. The Hall–Kier alpha value is -3.85. The van der Waals surface area contributed by atoms with E-state index in [0.717, 1.165) is 27.8 Å². The van der Waals surface area contributed by atoms with Gasteiger partial charge in [0.15, 0.2) is 22.9 Å². The maximum absolute atomic E-state index is 12.0. The minimum atomic E-state index is -2.35. The van der Waals surface area contributed by atoms with Crippen molar-refractivity contribution in [1.29, 1.82) is 0 Å². The van der Waals surface area contributed by atoms with Crippen LogP contribution in [0.4, 0.5) is 5.82 Å². The molecule has 4 atom stereocenters. The van der Waals surface area contributed by atoms with Crippen molar-refractivity contribution in [3.8, 4) is 5.75 Å². The first-order valence-electron chi connectivity index (χ1n) is 18.9. The fraction of sp³-hybridized carbons (Fsp3) is 0.442. The summed E-state index contributed by atoms with van der Waals surface area (Å²) in [5.74, 6) is 1.43. The predicted molar refractivity (Wildman–Crippen MR) is 222 cm³/mol. The van der Waals surface area contributed by atoms with Crippen molar-refractivity contribution < 1.29 is 23.4 Å². The van der Waals surface area contributed by atoms with Gasteiger partial charge in [0.2, 0.25) is 0 Å². The number of methoxy groups -OCH3 is 1. The maximum atomic E-state index is 12.0. The summed E-state index contributed by atoms with van der Waals surface area (Å²) in [4.78, 5) is 9.70. The van der Waals surface area contributed by atoms with Crippen molar-refractivity contribution >= 4 is 33.5 Å². The van der Waals surface area contributed by atoms with Crippen molar-refractivity contribution in [2.75, 3.05) is 19.0 Å². The molecule has 9 nitrogen and oxygen atoms in total. The lowest BCUT2D eigenvalue weighted by Gasteiger charge is -2.40. The first-order valence-corrected chi connectivity index (χ1v) is 24.7. The molecular formula is C43H58N4O5Si2. The van der Waals surface area contributed by atoms with Crippen molar-refractivity contribution in [3.05, 3.63) is 120 Å². The van der Waals surface area contributed by atoms with Crippen LogP contribution in [0.1, 0.15) is 64.5 Å². The van der Waals surface area contributed by atoms with Crippen LogP contribution in [0.25, 0.3) is 11.0 Å². The van der Waals surface area contributed by atoms with Gasteiger partial charge in [-0.2, -0.15) is 0 Å². The number of nitrogens with one attached hydrogen (secondary N) is 1. The van der Waals surface area contributed by atoms with E-state index in [9.17, 15) is 5.11 Å². The largest absolute Gasteiger partial charge is 0.497 e. The lowest BCUT2D eigenvalue weighted by Crippen LogP contribution is -2.49. The summed E-state index contributed by atoms with van der Waals surface area (Å²) < 4.78 is 28.0. The van der Waals surface area contributed by atoms with E-state index in [1.165, 1.54) is 0 Å². The number of rotatable bonds is 12. The fourth-order valence-electron chi connectivity index (χ4n) is 6.62. The highest BCUT2D eigenvalue weighted by atomic mass is 28.4. The van der Waals surface area contributed by atoms with Gasteiger partial charge in [-0.05, 0) is 71.2 Å². The average molecular weight is 767 g/mol. The highest BCUT2D eigenvalue weighted by Crippen LogP contribution is 2.45. The van der Waals surface area contributed by atoms with E-state index in [2.05, 4.69) is 134 Å². The number of aromatic nitrogens is 3. The molecule has 1 fully saturated rings. The summed E-state index contributed by atoms with van der Waals surface area (Å²) in [7, 11) is -2.80. The lowest BCUT2D eigenvalue weighted by molar-refractivity contribution is -0.0473. The third-order valence-electron chi connectivity index (χ3n) is 12.0. The Morgan fingerprint density at radius 1 is 0.759 bits per heavy atom. The van der Waals surface area contributed by atoms with E-state index in [1.54, 1.807) is 13.4 Å². The summed E-state index contributed by atoms with van der Waals surface area (Å²) >= 11 is 0. The van der Waals surface area contributed by atoms with Crippen LogP contribution < -0.4 is 10.1 Å². The van der Waals surface area contributed by atoms with Gasteiger partial charge in [-0.1, -0.05) is 114 Å². The van der Waals surface area contributed by atoms with Gasteiger partial charge in [0.25, 0.3) is 0 Å². The quantitative estimate of drug-likeness (QED) is 0.0958. The molecule has 2 N–H and O–H groups in total. The van der Waals surface area contributed by atoms with Gasteiger partial charge in [0.05, 0.1) is 19.1 Å². The molecule has 0 aliphatic carbocycles. The van der Waals surface area contributed by atoms with Crippen LogP contribution in [-0.4, -0.2) is 68.3 Å². The van der Waals surface area contributed by atoms with E-state index in [-0.39, 0.29) is 16.7 Å². The molecule has 0 saturated carbocycles. The number of benzene rings is 3. The van der Waals surface area contributed by atoms with Crippen LogP contribution >= 0.6 is 0 Å². The Morgan fingerprint density at radius 2 is 1.31 bits per heavy atom. The summed E-state index contributed by atoms with van der Waals surface area (Å²) in [5.41, 5.74) is 2.94. The zero-order chi connectivity index (χ0) is 39.1. The SMILES string of the molecule is COc1ccc(C(Nc2ncnc3c2ccn3[C@@H]2O[C@H](CO[Si](C)(C)C(C)(C)C)[C@@H](O)[C@H]2O[Si](C)(C)C(C)(C)C)(c2ccccc2)c2ccccc2)cc1. The van der Waals surface area contributed by atoms with E-state index >= 15 is 0 Å². The van der Waals surface area contributed by atoms with Gasteiger partial charge < -0.3 is 33.3 Å². The minimum absolute atomic E-state index is 0.0183. The Labute approximate surface area is 323 Å². The number of aliphatic hydroxyl groups is 1. The second-order valence-corrected chi connectivity index (χ2v) is 27.1. The Morgan fingerprint density at radius 3 is 1.85 bits per heavy atom. The number of nitrogens with zero attached hydrogens (tertiary/aromatic N) is 3. The Kier molecular flexibility index (Phi) is 11.1. The molecule has 1 saturated heterocycles. The van der Waals surface area contributed by atoms with Crippen LogP contribution in [-0.2, 0) is 19.1 Å². The van der Waals surface area contributed by atoms with Gasteiger partial charge in [-0.15, -0.1) is 0 Å². The molecule has 2 aromatic heterocycles. The van der Waals surface area contributed by atoms with E-state index in [1.807, 2.05) is 41.1 Å². The highest BCUT2D eigenvalue weighted by molar-refractivity contribution is 6.74. The van der Waals surface area contributed by atoms with Gasteiger partial charge in [0.1, 0.15) is 47.4 Å². The van der Waals surface area contributed by atoms with Gasteiger partial charge >= 0.3 is 0 Å². The van der Waals surface area contributed by atoms with Gasteiger partial charge in [-0.25, -0.2) is 9.97 Å². The molecule has 0 amide bonds. The van der Waals surface area contributed by atoms with Crippen molar-refractivity contribution in [2.45, 2.75) is 108 Å². The monoisotopic (exact) mass is 766 g/mol. The van der Waals surface area contributed by atoms with Crippen molar-refractivity contribution in [1.82, 2.24) is 14.5 Å². The first kappa shape index (κ1) is 39.8. The van der Waals surface area contributed by atoms with E-state index in [0.29, 0.717) is 11.5 Å². The van der Waals surface area contributed by atoms with E-state index < -0.39 is 46.7 Å². The number of ether oxygens (including phenoxy) is 2. The molecule has 3 heterocycles. The lowest BCUT2D eigenvalue weighted by atomic mass is 9.77. The zero-order valence-electron chi connectivity index (χ0n) is 33.8. The third kappa shape index (κ3) is 7.54. The van der Waals surface area contributed by atoms with Crippen LogP contribution in [0.15, 0.2) is 104 Å². The average Bonchev–Trinajstić information content (AvgIpc) is 3.70. The molecule has 3 aromatic carbocycles. The summed E-state index contributed by atoms with van der Waals surface area (Å²) in [6, 6.07) is 31.0. The Bertz CT molecular complexity index is 1970. The van der Waals surface area contributed by atoms with E-state index in [4.69, 9.17) is 28.3 Å². The molecule has 288 valence electrons. The highest BCUT2D eigenvalue weighted by Gasteiger charge is 2.51. The normalized spacial score (nSPS) is 20.0. The van der Waals surface area contributed by atoms with Crippen LogP contribution in [0.3, 0.4) is 0 Å².